The van der Waals surface area contributed by atoms with Gasteiger partial charge in [-0.2, -0.15) is 0 Å². The van der Waals surface area contributed by atoms with Crippen LogP contribution in [0.25, 0.3) is 0 Å². The third-order valence-corrected chi connectivity index (χ3v) is 3.68. The fourth-order valence-corrected chi connectivity index (χ4v) is 2.25. The number of carbonyl (C=O) groups is 1. The second-order valence-electron chi connectivity index (χ2n) is 5.44. The minimum Gasteiger partial charge on any atom is -0.347 e. The number of halogens is 2. The zero-order valence-electron chi connectivity index (χ0n) is 11.2. The van der Waals surface area contributed by atoms with Crippen molar-refractivity contribution in [3.05, 3.63) is 35.4 Å². The summed E-state index contributed by atoms with van der Waals surface area (Å²) in [6.45, 7) is 3.69. The second-order valence-corrected chi connectivity index (χ2v) is 5.44. The summed E-state index contributed by atoms with van der Waals surface area (Å²) in [6, 6.07) is 2.91. The molecule has 1 heterocycles. The summed E-state index contributed by atoms with van der Waals surface area (Å²) in [6.07, 6.45) is 1.60. The molecule has 1 saturated heterocycles. The number of piperidine rings is 1. The number of hydrogen-bond donors (Lipinski definition) is 1. The summed E-state index contributed by atoms with van der Waals surface area (Å²) in [5, 5.41) is 2.83. The van der Waals surface area contributed by atoms with E-state index in [9.17, 15) is 13.6 Å². The molecule has 1 aromatic carbocycles. The lowest BCUT2D eigenvalue weighted by Gasteiger charge is -2.38. The van der Waals surface area contributed by atoms with Crippen LogP contribution in [0.15, 0.2) is 18.2 Å². The summed E-state index contributed by atoms with van der Waals surface area (Å²) in [5.74, 6) is -1.86. The molecule has 0 spiro atoms. The molecular formula is C14H18F2N2O. The highest BCUT2D eigenvalue weighted by molar-refractivity contribution is 5.95. The van der Waals surface area contributed by atoms with Gasteiger partial charge in [-0.1, -0.05) is 0 Å². The van der Waals surface area contributed by atoms with Gasteiger partial charge in [-0.15, -0.1) is 0 Å². The standard InChI is InChI=1S/C14H18F2N2O/c1-14(5-7-18(2)8-6-14)17-13(19)11-9-10(15)3-4-12(11)16/h3-4,9H,5-8H2,1-2H3,(H,17,19). The lowest BCUT2D eigenvalue weighted by atomic mass is 9.89. The largest absolute Gasteiger partial charge is 0.347 e. The Balaban J connectivity index is 2.10. The quantitative estimate of drug-likeness (QED) is 0.891. The molecule has 1 N–H and O–H groups in total. The summed E-state index contributed by atoms with van der Waals surface area (Å²) in [4.78, 5) is 14.2. The van der Waals surface area contributed by atoms with Crippen LogP contribution in [-0.4, -0.2) is 36.5 Å². The van der Waals surface area contributed by atoms with Crippen LogP contribution in [0.2, 0.25) is 0 Å². The van der Waals surface area contributed by atoms with E-state index in [0.717, 1.165) is 44.1 Å². The monoisotopic (exact) mass is 268 g/mol. The molecule has 1 aliphatic rings. The van der Waals surface area contributed by atoms with Crippen molar-refractivity contribution in [1.82, 2.24) is 10.2 Å². The van der Waals surface area contributed by atoms with Gasteiger partial charge in [-0.3, -0.25) is 4.79 Å². The molecule has 0 saturated carbocycles. The molecule has 0 aliphatic carbocycles. The lowest BCUT2D eigenvalue weighted by Crippen LogP contribution is -2.52. The summed E-state index contributed by atoms with van der Waals surface area (Å²) in [5.41, 5.74) is -0.595. The van der Waals surface area contributed by atoms with Crippen LogP contribution in [-0.2, 0) is 0 Å². The Kier molecular flexibility index (Phi) is 3.85. The molecule has 104 valence electrons. The molecule has 0 unspecified atom stereocenters. The van der Waals surface area contributed by atoms with Gasteiger partial charge in [-0.05, 0) is 45.0 Å². The Labute approximate surface area is 111 Å². The molecule has 5 heteroatoms. The van der Waals surface area contributed by atoms with Gasteiger partial charge in [0, 0.05) is 18.6 Å². The highest BCUT2D eigenvalue weighted by Gasteiger charge is 2.31. The molecule has 0 aromatic heterocycles. The third-order valence-electron chi connectivity index (χ3n) is 3.68. The van der Waals surface area contributed by atoms with Crippen molar-refractivity contribution in [2.45, 2.75) is 25.3 Å². The van der Waals surface area contributed by atoms with Crippen molar-refractivity contribution in [3.8, 4) is 0 Å². The molecule has 1 aliphatic heterocycles. The summed E-state index contributed by atoms with van der Waals surface area (Å²) >= 11 is 0. The van der Waals surface area contributed by atoms with E-state index in [1.165, 1.54) is 0 Å². The van der Waals surface area contributed by atoms with Gasteiger partial charge in [0.2, 0.25) is 0 Å². The predicted octanol–water partition coefficient (Wildman–Crippen LogP) is 2.18. The minimum atomic E-state index is -0.699. The molecule has 1 fully saturated rings. The lowest BCUT2D eigenvalue weighted by molar-refractivity contribution is 0.0847. The van der Waals surface area contributed by atoms with Crippen LogP contribution in [0.1, 0.15) is 30.1 Å². The SMILES string of the molecule is CN1CCC(C)(NC(=O)c2cc(F)ccc2F)CC1. The first kappa shape index (κ1) is 13.9. The Hall–Kier alpha value is -1.49. The molecule has 0 bridgehead atoms. The van der Waals surface area contributed by atoms with Crippen molar-refractivity contribution in [3.63, 3.8) is 0 Å². The number of amides is 1. The van der Waals surface area contributed by atoms with Gasteiger partial charge < -0.3 is 10.2 Å². The Morgan fingerprint density at radius 3 is 2.58 bits per heavy atom. The van der Waals surface area contributed by atoms with Crippen LogP contribution in [0, 0.1) is 11.6 Å². The van der Waals surface area contributed by atoms with Crippen molar-refractivity contribution in [1.29, 1.82) is 0 Å². The number of benzene rings is 1. The number of nitrogens with zero attached hydrogens (tertiary/aromatic N) is 1. The molecule has 1 aromatic rings. The van der Waals surface area contributed by atoms with E-state index in [4.69, 9.17) is 0 Å². The van der Waals surface area contributed by atoms with E-state index in [1.807, 2.05) is 14.0 Å². The van der Waals surface area contributed by atoms with Gasteiger partial charge in [0.05, 0.1) is 5.56 Å². The van der Waals surface area contributed by atoms with E-state index >= 15 is 0 Å². The molecule has 2 rings (SSSR count). The minimum absolute atomic E-state index is 0.236. The van der Waals surface area contributed by atoms with Crippen LogP contribution in [0.5, 0.6) is 0 Å². The van der Waals surface area contributed by atoms with Crippen molar-refractivity contribution >= 4 is 5.91 Å². The van der Waals surface area contributed by atoms with Crippen LogP contribution in [0.3, 0.4) is 0 Å². The van der Waals surface area contributed by atoms with Crippen molar-refractivity contribution < 1.29 is 13.6 Å². The van der Waals surface area contributed by atoms with E-state index in [-0.39, 0.29) is 11.1 Å². The Morgan fingerprint density at radius 2 is 1.95 bits per heavy atom. The first-order chi connectivity index (χ1) is 8.89. The van der Waals surface area contributed by atoms with Crippen LogP contribution in [0.4, 0.5) is 8.78 Å². The molecule has 19 heavy (non-hydrogen) atoms. The Bertz CT molecular complexity index is 482. The predicted molar refractivity (Wildman–Crippen MR) is 69.0 cm³/mol. The fourth-order valence-electron chi connectivity index (χ4n) is 2.25. The third kappa shape index (κ3) is 3.29. The Morgan fingerprint density at radius 1 is 1.32 bits per heavy atom. The smallest absolute Gasteiger partial charge is 0.254 e. The molecule has 3 nitrogen and oxygen atoms in total. The van der Waals surface area contributed by atoms with Gasteiger partial charge in [-0.25, -0.2) is 8.78 Å². The highest BCUT2D eigenvalue weighted by Crippen LogP contribution is 2.22. The average molecular weight is 268 g/mol. The van der Waals surface area contributed by atoms with Gasteiger partial charge in [0.15, 0.2) is 0 Å². The van der Waals surface area contributed by atoms with Gasteiger partial charge >= 0.3 is 0 Å². The second kappa shape index (κ2) is 5.25. The maximum absolute atomic E-state index is 13.5. The fraction of sp³-hybridized carbons (Fsp3) is 0.500. The van der Waals surface area contributed by atoms with Gasteiger partial charge in [0.1, 0.15) is 11.6 Å². The number of rotatable bonds is 2. The molecule has 1 amide bonds. The average Bonchev–Trinajstić information content (AvgIpc) is 2.36. The first-order valence-electron chi connectivity index (χ1n) is 6.36. The van der Waals surface area contributed by atoms with E-state index in [2.05, 4.69) is 10.2 Å². The number of hydrogen-bond acceptors (Lipinski definition) is 2. The van der Waals surface area contributed by atoms with Crippen molar-refractivity contribution in [2.75, 3.05) is 20.1 Å². The summed E-state index contributed by atoms with van der Waals surface area (Å²) < 4.78 is 26.6. The van der Waals surface area contributed by atoms with Crippen LogP contribution < -0.4 is 5.32 Å². The van der Waals surface area contributed by atoms with Crippen LogP contribution >= 0.6 is 0 Å². The first-order valence-corrected chi connectivity index (χ1v) is 6.36. The number of likely N-dealkylation sites (tertiary alicyclic amines) is 1. The van der Waals surface area contributed by atoms with Crippen molar-refractivity contribution in [2.24, 2.45) is 0 Å². The molecular weight excluding hydrogens is 250 g/mol. The maximum Gasteiger partial charge on any atom is 0.254 e. The highest BCUT2D eigenvalue weighted by atomic mass is 19.1. The van der Waals surface area contributed by atoms with E-state index in [0.29, 0.717) is 0 Å². The molecule has 0 atom stereocenters. The topological polar surface area (TPSA) is 32.3 Å². The van der Waals surface area contributed by atoms with E-state index < -0.39 is 17.5 Å². The number of nitrogens with one attached hydrogen (secondary N) is 1. The zero-order valence-corrected chi connectivity index (χ0v) is 11.2. The van der Waals surface area contributed by atoms with Gasteiger partial charge in [0.25, 0.3) is 5.91 Å². The maximum atomic E-state index is 13.5. The normalized spacial score (nSPS) is 19.2. The zero-order chi connectivity index (χ0) is 14.0. The number of carbonyl (C=O) groups excluding carboxylic acids is 1. The van der Waals surface area contributed by atoms with E-state index in [1.54, 1.807) is 0 Å². The molecule has 0 radical (unpaired) electrons. The summed E-state index contributed by atoms with van der Waals surface area (Å²) in [7, 11) is 2.02.